The van der Waals surface area contributed by atoms with Gasteiger partial charge in [-0.1, -0.05) is 18.2 Å². The van der Waals surface area contributed by atoms with Crippen LogP contribution >= 0.6 is 11.1 Å². The second-order valence-corrected chi connectivity index (χ2v) is 9.89. The van der Waals surface area contributed by atoms with Gasteiger partial charge in [-0.25, -0.2) is 0 Å². The molecule has 0 aliphatic rings. The van der Waals surface area contributed by atoms with Gasteiger partial charge in [0.25, 0.3) is 0 Å². The van der Waals surface area contributed by atoms with Crippen LogP contribution in [0, 0.1) is 13.8 Å². The Bertz CT molecular complexity index is 284. The van der Waals surface area contributed by atoms with E-state index in [4.69, 9.17) is 11.1 Å². The SMILES string of the molecule is Cc1cccc(C)c1N[Si](C)(C)Cl. The lowest BCUT2D eigenvalue weighted by molar-refractivity contribution is 1.38. The average molecular weight is 214 g/mol. The molecule has 0 unspecified atom stereocenters. The van der Waals surface area contributed by atoms with Gasteiger partial charge >= 0.3 is 0 Å². The third-order valence-electron chi connectivity index (χ3n) is 1.90. The second kappa shape index (κ2) is 3.72. The molecule has 0 heterocycles. The smallest absolute Gasteiger partial charge is 0.247 e. The molecule has 3 heteroatoms. The first kappa shape index (κ1) is 10.6. The molecule has 0 amide bonds. The van der Waals surface area contributed by atoms with E-state index >= 15 is 0 Å². The van der Waals surface area contributed by atoms with Crippen molar-refractivity contribution in [2.45, 2.75) is 26.9 Å². The molecule has 1 aromatic rings. The molecule has 0 atom stereocenters. The van der Waals surface area contributed by atoms with Gasteiger partial charge < -0.3 is 4.98 Å². The van der Waals surface area contributed by atoms with Crippen molar-refractivity contribution in [3.05, 3.63) is 29.3 Å². The topological polar surface area (TPSA) is 12.0 Å². The maximum Gasteiger partial charge on any atom is 0.247 e. The van der Waals surface area contributed by atoms with Crippen LogP contribution < -0.4 is 4.98 Å². The molecule has 0 aliphatic heterocycles. The first-order chi connectivity index (χ1) is 5.90. The zero-order valence-corrected chi connectivity index (χ0v) is 10.4. The van der Waals surface area contributed by atoms with E-state index < -0.39 is 7.55 Å². The quantitative estimate of drug-likeness (QED) is 0.584. The summed E-state index contributed by atoms with van der Waals surface area (Å²) in [6.45, 7) is 8.37. The summed E-state index contributed by atoms with van der Waals surface area (Å²) in [6.07, 6.45) is 0. The Balaban J connectivity index is 3.00. The molecule has 1 nitrogen and oxygen atoms in total. The summed E-state index contributed by atoms with van der Waals surface area (Å²) in [5, 5.41) is 0. The summed E-state index contributed by atoms with van der Waals surface area (Å²) in [4.78, 5) is 3.42. The predicted molar refractivity (Wildman–Crippen MR) is 62.9 cm³/mol. The van der Waals surface area contributed by atoms with E-state index in [2.05, 4.69) is 50.1 Å². The summed E-state index contributed by atoms with van der Waals surface area (Å²) in [6, 6.07) is 6.28. The number of anilines is 1. The number of hydrogen-bond donors (Lipinski definition) is 1. The lowest BCUT2D eigenvalue weighted by atomic mass is 10.1. The van der Waals surface area contributed by atoms with Crippen LogP contribution in [0.3, 0.4) is 0 Å². The molecule has 0 saturated carbocycles. The molecule has 72 valence electrons. The zero-order chi connectivity index (χ0) is 10.1. The summed E-state index contributed by atoms with van der Waals surface area (Å²) in [5.41, 5.74) is 3.73. The molecule has 0 fully saturated rings. The van der Waals surface area contributed by atoms with E-state index in [1.54, 1.807) is 0 Å². The Labute approximate surface area is 85.9 Å². The highest BCUT2D eigenvalue weighted by Gasteiger charge is 2.18. The van der Waals surface area contributed by atoms with Gasteiger partial charge in [-0.15, -0.1) is 11.1 Å². The Morgan fingerprint density at radius 3 is 2.00 bits per heavy atom. The molecule has 0 aromatic heterocycles. The Hall–Kier alpha value is -0.473. The predicted octanol–water partition coefficient (Wildman–Crippen LogP) is 3.66. The van der Waals surface area contributed by atoms with Gasteiger partial charge in [-0.2, -0.15) is 0 Å². The number of nitrogens with one attached hydrogen (secondary N) is 1. The van der Waals surface area contributed by atoms with Crippen molar-refractivity contribution >= 4 is 24.3 Å². The lowest BCUT2D eigenvalue weighted by Crippen LogP contribution is -2.30. The number of hydrogen-bond acceptors (Lipinski definition) is 1. The van der Waals surface area contributed by atoms with Gasteiger partial charge in [0, 0.05) is 5.69 Å². The Morgan fingerprint density at radius 2 is 1.62 bits per heavy atom. The molecule has 0 bridgehead atoms. The molecule has 13 heavy (non-hydrogen) atoms. The highest BCUT2D eigenvalue weighted by Crippen LogP contribution is 2.23. The number of aryl methyl sites for hydroxylation is 2. The standard InChI is InChI=1S/C10H16ClNSi/c1-8-6-5-7-9(2)10(8)12-13(3,4)11/h5-7,12H,1-4H3. The van der Waals surface area contributed by atoms with Crippen molar-refractivity contribution in [2.24, 2.45) is 0 Å². The van der Waals surface area contributed by atoms with Crippen molar-refractivity contribution in [1.29, 1.82) is 0 Å². The number of para-hydroxylation sites is 1. The van der Waals surface area contributed by atoms with Crippen LogP contribution in [-0.4, -0.2) is 7.55 Å². The minimum atomic E-state index is -1.74. The Kier molecular flexibility index (Phi) is 3.04. The molecule has 0 spiro atoms. The van der Waals surface area contributed by atoms with Crippen LogP contribution in [0.4, 0.5) is 5.69 Å². The minimum absolute atomic E-state index is 1.20. The minimum Gasteiger partial charge on any atom is -0.399 e. The molecule has 0 aliphatic carbocycles. The fourth-order valence-corrected chi connectivity index (χ4v) is 2.58. The maximum atomic E-state index is 6.24. The Morgan fingerprint density at radius 1 is 1.15 bits per heavy atom. The summed E-state index contributed by atoms with van der Waals surface area (Å²) in [7, 11) is -1.74. The highest BCUT2D eigenvalue weighted by molar-refractivity contribution is 7.20. The van der Waals surface area contributed by atoms with Crippen LogP contribution in [0.25, 0.3) is 0 Å². The molecule has 1 N–H and O–H groups in total. The zero-order valence-electron chi connectivity index (χ0n) is 8.61. The average Bonchev–Trinajstić information content (AvgIpc) is 1.95. The third kappa shape index (κ3) is 3.05. The van der Waals surface area contributed by atoms with Crippen LogP contribution in [-0.2, 0) is 0 Å². The monoisotopic (exact) mass is 213 g/mol. The second-order valence-electron chi connectivity index (χ2n) is 3.86. The fourth-order valence-electron chi connectivity index (χ4n) is 1.31. The first-order valence-corrected chi connectivity index (χ1v) is 8.44. The molecule has 0 saturated heterocycles. The highest BCUT2D eigenvalue weighted by atomic mass is 35.6. The van der Waals surface area contributed by atoms with Crippen LogP contribution in [0.1, 0.15) is 11.1 Å². The van der Waals surface area contributed by atoms with Crippen molar-refractivity contribution in [2.75, 3.05) is 4.98 Å². The van der Waals surface area contributed by atoms with Crippen LogP contribution in [0.5, 0.6) is 0 Å². The largest absolute Gasteiger partial charge is 0.399 e. The van der Waals surface area contributed by atoms with Crippen LogP contribution in [0.15, 0.2) is 18.2 Å². The molecule has 1 rings (SSSR count). The van der Waals surface area contributed by atoms with E-state index in [0.717, 1.165) is 0 Å². The third-order valence-corrected chi connectivity index (χ3v) is 3.03. The molecular weight excluding hydrogens is 198 g/mol. The van der Waals surface area contributed by atoms with Crippen molar-refractivity contribution in [3.63, 3.8) is 0 Å². The van der Waals surface area contributed by atoms with Crippen molar-refractivity contribution in [3.8, 4) is 0 Å². The fraction of sp³-hybridized carbons (Fsp3) is 0.400. The van der Waals surface area contributed by atoms with Gasteiger partial charge in [0.1, 0.15) is 0 Å². The molecule has 0 radical (unpaired) electrons. The number of benzene rings is 1. The lowest BCUT2D eigenvalue weighted by Gasteiger charge is -2.20. The summed E-state index contributed by atoms with van der Waals surface area (Å²) < 4.78 is 0. The number of rotatable bonds is 2. The summed E-state index contributed by atoms with van der Waals surface area (Å²) >= 11 is 6.24. The van der Waals surface area contributed by atoms with Crippen molar-refractivity contribution < 1.29 is 0 Å². The van der Waals surface area contributed by atoms with E-state index in [0.29, 0.717) is 0 Å². The van der Waals surface area contributed by atoms with Crippen LogP contribution in [0.2, 0.25) is 13.1 Å². The number of halogens is 1. The maximum absolute atomic E-state index is 6.24. The molecular formula is C10H16ClNSi. The van der Waals surface area contributed by atoms with Crippen molar-refractivity contribution in [1.82, 2.24) is 0 Å². The van der Waals surface area contributed by atoms with Gasteiger partial charge in [0.2, 0.25) is 7.55 Å². The van der Waals surface area contributed by atoms with E-state index in [1.165, 1.54) is 16.8 Å². The van der Waals surface area contributed by atoms with Gasteiger partial charge in [-0.3, -0.25) is 0 Å². The van der Waals surface area contributed by atoms with E-state index in [9.17, 15) is 0 Å². The normalized spacial score (nSPS) is 11.5. The first-order valence-electron chi connectivity index (χ1n) is 4.43. The van der Waals surface area contributed by atoms with Gasteiger partial charge in [-0.05, 0) is 38.1 Å². The van der Waals surface area contributed by atoms with Gasteiger partial charge in [0.05, 0.1) is 0 Å². The summed E-state index contributed by atoms with van der Waals surface area (Å²) in [5.74, 6) is 0. The van der Waals surface area contributed by atoms with E-state index in [-0.39, 0.29) is 0 Å². The molecule has 1 aromatic carbocycles. The van der Waals surface area contributed by atoms with E-state index in [1.807, 2.05) is 0 Å². The van der Waals surface area contributed by atoms with Gasteiger partial charge in [0.15, 0.2) is 0 Å².